The molecule has 0 radical (unpaired) electrons. The monoisotopic (exact) mass is 310 g/mol. The summed E-state index contributed by atoms with van der Waals surface area (Å²) in [6, 6.07) is 12.9. The average Bonchev–Trinajstić information content (AvgIpc) is 2.96. The van der Waals surface area contributed by atoms with E-state index in [4.69, 9.17) is 9.47 Å². The number of amides is 1. The molecule has 3 aromatic rings. The summed E-state index contributed by atoms with van der Waals surface area (Å²) in [7, 11) is 5.10. The largest absolute Gasteiger partial charge is 0.497 e. The zero-order chi connectivity index (χ0) is 16.4. The Morgan fingerprint density at radius 3 is 2.65 bits per heavy atom. The molecule has 118 valence electrons. The van der Waals surface area contributed by atoms with Gasteiger partial charge in [0.15, 0.2) is 0 Å². The first-order valence-corrected chi connectivity index (χ1v) is 7.21. The number of benzene rings is 2. The number of nitrogens with one attached hydrogen (secondary N) is 1. The van der Waals surface area contributed by atoms with Gasteiger partial charge in [0.25, 0.3) is 5.91 Å². The predicted molar refractivity (Wildman–Crippen MR) is 90.4 cm³/mol. The second kappa shape index (κ2) is 6.04. The molecular weight excluding hydrogens is 292 g/mol. The molecule has 0 aliphatic rings. The highest BCUT2D eigenvalue weighted by Crippen LogP contribution is 2.30. The molecule has 0 saturated heterocycles. The maximum Gasteiger partial charge on any atom is 0.256 e. The second-order valence-electron chi connectivity index (χ2n) is 5.19. The Morgan fingerprint density at radius 1 is 1.09 bits per heavy atom. The molecule has 5 nitrogen and oxygen atoms in total. The molecule has 0 spiro atoms. The Labute approximate surface area is 134 Å². The molecule has 0 aliphatic carbocycles. The average molecular weight is 310 g/mol. The van der Waals surface area contributed by atoms with E-state index in [9.17, 15) is 4.79 Å². The summed E-state index contributed by atoms with van der Waals surface area (Å²) in [6.07, 6.45) is 1.94. The molecule has 1 aromatic heterocycles. The number of aromatic nitrogens is 1. The predicted octanol–water partition coefficient (Wildman–Crippen LogP) is 3.45. The van der Waals surface area contributed by atoms with Crippen LogP contribution in [0.5, 0.6) is 11.5 Å². The van der Waals surface area contributed by atoms with Crippen molar-refractivity contribution in [1.82, 2.24) is 4.57 Å². The van der Waals surface area contributed by atoms with Crippen molar-refractivity contribution < 1.29 is 14.3 Å². The van der Waals surface area contributed by atoms with Gasteiger partial charge in [-0.25, -0.2) is 0 Å². The number of hydrogen-bond donors (Lipinski definition) is 1. The van der Waals surface area contributed by atoms with E-state index in [0.29, 0.717) is 22.7 Å². The summed E-state index contributed by atoms with van der Waals surface area (Å²) in [5.41, 5.74) is 2.24. The van der Waals surface area contributed by atoms with Crippen molar-refractivity contribution in [2.45, 2.75) is 0 Å². The number of methoxy groups -OCH3 is 2. The van der Waals surface area contributed by atoms with Gasteiger partial charge < -0.3 is 19.4 Å². The zero-order valence-corrected chi connectivity index (χ0v) is 13.3. The van der Waals surface area contributed by atoms with Crippen LogP contribution in [0.1, 0.15) is 10.4 Å². The van der Waals surface area contributed by atoms with Crippen molar-refractivity contribution >= 4 is 22.5 Å². The molecule has 0 fully saturated rings. The molecule has 0 aliphatic heterocycles. The van der Waals surface area contributed by atoms with E-state index in [1.807, 2.05) is 42.1 Å². The van der Waals surface area contributed by atoms with Crippen molar-refractivity contribution in [1.29, 1.82) is 0 Å². The standard InChI is InChI=1S/C18H18N2O3/c1-20-10-9-13-14(5-4-6-16(13)20)18(21)19-15-8-7-12(22-2)11-17(15)23-3/h4-11H,1-3H3,(H,19,21). The summed E-state index contributed by atoms with van der Waals surface area (Å²) in [4.78, 5) is 12.7. The van der Waals surface area contributed by atoms with Crippen molar-refractivity contribution in [2.24, 2.45) is 7.05 Å². The summed E-state index contributed by atoms with van der Waals surface area (Å²) in [5.74, 6) is 1.05. The van der Waals surface area contributed by atoms with E-state index in [-0.39, 0.29) is 5.91 Å². The molecule has 1 heterocycles. The van der Waals surface area contributed by atoms with Crippen LogP contribution >= 0.6 is 0 Å². The van der Waals surface area contributed by atoms with Crippen LogP contribution in [0.2, 0.25) is 0 Å². The van der Waals surface area contributed by atoms with Crippen LogP contribution in [-0.2, 0) is 7.05 Å². The highest BCUT2D eigenvalue weighted by molar-refractivity contribution is 6.13. The third kappa shape index (κ3) is 2.73. The molecule has 0 unspecified atom stereocenters. The van der Waals surface area contributed by atoms with E-state index in [0.717, 1.165) is 10.9 Å². The Morgan fingerprint density at radius 2 is 1.91 bits per heavy atom. The van der Waals surface area contributed by atoms with Gasteiger partial charge in [-0.15, -0.1) is 0 Å². The number of anilines is 1. The number of rotatable bonds is 4. The maximum absolute atomic E-state index is 12.7. The number of hydrogen-bond acceptors (Lipinski definition) is 3. The number of carbonyl (C=O) groups excluding carboxylic acids is 1. The van der Waals surface area contributed by atoms with Gasteiger partial charge in [0, 0.05) is 35.8 Å². The van der Waals surface area contributed by atoms with Crippen LogP contribution in [-0.4, -0.2) is 24.7 Å². The number of ether oxygens (including phenoxy) is 2. The summed E-state index contributed by atoms with van der Waals surface area (Å²) in [6.45, 7) is 0. The van der Waals surface area contributed by atoms with Gasteiger partial charge in [-0.2, -0.15) is 0 Å². The molecular formula is C18H18N2O3. The lowest BCUT2D eigenvalue weighted by Gasteiger charge is -2.12. The fourth-order valence-corrected chi connectivity index (χ4v) is 2.59. The van der Waals surface area contributed by atoms with E-state index < -0.39 is 0 Å². The van der Waals surface area contributed by atoms with Crippen LogP contribution in [0.25, 0.3) is 10.9 Å². The topological polar surface area (TPSA) is 52.5 Å². The van der Waals surface area contributed by atoms with Crippen molar-refractivity contribution in [3.8, 4) is 11.5 Å². The van der Waals surface area contributed by atoms with E-state index in [2.05, 4.69) is 5.32 Å². The Hall–Kier alpha value is -2.95. The minimum absolute atomic E-state index is 0.176. The smallest absolute Gasteiger partial charge is 0.256 e. The molecule has 0 bridgehead atoms. The van der Waals surface area contributed by atoms with E-state index in [1.54, 1.807) is 32.4 Å². The normalized spacial score (nSPS) is 10.6. The number of aryl methyl sites for hydroxylation is 1. The summed E-state index contributed by atoms with van der Waals surface area (Å²) < 4.78 is 12.5. The quantitative estimate of drug-likeness (QED) is 0.803. The van der Waals surface area contributed by atoms with Crippen LogP contribution in [0.15, 0.2) is 48.7 Å². The molecule has 0 saturated carbocycles. The maximum atomic E-state index is 12.7. The van der Waals surface area contributed by atoms with E-state index in [1.165, 1.54) is 0 Å². The van der Waals surface area contributed by atoms with E-state index >= 15 is 0 Å². The van der Waals surface area contributed by atoms with Crippen molar-refractivity contribution in [2.75, 3.05) is 19.5 Å². The first-order chi connectivity index (χ1) is 11.1. The molecule has 1 N–H and O–H groups in total. The van der Waals surface area contributed by atoms with Crippen LogP contribution < -0.4 is 14.8 Å². The fourth-order valence-electron chi connectivity index (χ4n) is 2.59. The van der Waals surface area contributed by atoms with Crippen LogP contribution in [0.4, 0.5) is 5.69 Å². The van der Waals surface area contributed by atoms with Gasteiger partial charge in [0.1, 0.15) is 11.5 Å². The molecule has 2 aromatic carbocycles. The minimum Gasteiger partial charge on any atom is -0.497 e. The SMILES string of the molecule is COc1ccc(NC(=O)c2cccc3c2ccn3C)c(OC)c1. The minimum atomic E-state index is -0.176. The number of carbonyl (C=O) groups is 1. The lowest BCUT2D eigenvalue weighted by atomic mass is 10.1. The van der Waals surface area contributed by atoms with Gasteiger partial charge in [0.2, 0.25) is 0 Å². The Kier molecular flexibility index (Phi) is 3.93. The molecule has 23 heavy (non-hydrogen) atoms. The van der Waals surface area contributed by atoms with Gasteiger partial charge >= 0.3 is 0 Å². The lowest BCUT2D eigenvalue weighted by molar-refractivity contribution is 0.102. The molecule has 0 atom stereocenters. The first-order valence-electron chi connectivity index (χ1n) is 7.21. The van der Waals surface area contributed by atoms with Gasteiger partial charge in [0.05, 0.1) is 19.9 Å². The first kappa shape index (κ1) is 15.0. The van der Waals surface area contributed by atoms with Gasteiger partial charge in [-0.3, -0.25) is 4.79 Å². The number of fused-ring (bicyclic) bond motifs is 1. The third-order valence-corrected chi connectivity index (χ3v) is 3.83. The Bertz CT molecular complexity index is 868. The summed E-state index contributed by atoms with van der Waals surface area (Å²) in [5, 5.41) is 3.82. The highest BCUT2D eigenvalue weighted by atomic mass is 16.5. The molecule has 3 rings (SSSR count). The zero-order valence-electron chi connectivity index (χ0n) is 13.3. The van der Waals surface area contributed by atoms with Crippen LogP contribution in [0.3, 0.4) is 0 Å². The number of nitrogens with zero attached hydrogens (tertiary/aromatic N) is 1. The summed E-state index contributed by atoms with van der Waals surface area (Å²) >= 11 is 0. The third-order valence-electron chi connectivity index (χ3n) is 3.83. The fraction of sp³-hybridized carbons (Fsp3) is 0.167. The van der Waals surface area contributed by atoms with Crippen molar-refractivity contribution in [3.05, 3.63) is 54.2 Å². The van der Waals surface area contributed by atoms with Gasteiger partial charge in [-0.05, 0) is 30.3 Å². The highest BCUT2D eigenvalue weighted by Gasteiger charge is 2.14. The Balaban J connectivity index is 1.95. The lowest BCUT2D eigenvalue weighted by Crippen LogP contribution is -2.13. The molecule has 1 amide bonds. The second-order valence-corrected chi connectivity index (χ2v) is 5.19. The van der Waals surface area contributed by atoms with Crippen LogP contribution in [0, 0.1) is 0 Å². The molecule has 5 heteroatoms. The van der Waals surface area contributed by atoms with Crippen molar-refractivity contribution in [3.63, 3.8) is 0 Å². The van der Waals surface area contributed by atoms with Gasteiger partial charge in [-0.1, -0.05) is 6.07 Å².